The van der Waals surface area contributed by atoms with Gasteiger partial charge in [-0.15, -0.1) is 5.10 Å². The first-order valence-electron chi connectivity index (χ1n) is 12.6. The second-order valence-electron chi connectivity index (χ2n) is 9.51. The summed E-state index contributed by atoms with van der Waals surface area (Å²) in [7, 11) is 0. The van der Waals surface area contributed by atoms with Crippen LogP contribution in [-0.2, 0) is 10.5 Å². The first kappa shape index (κ1) is 25.6. The Balaban J connectivity index is 1.52. The Bertz CT molecular complexity index is 1480. The van der Waals surface area contributed by atoms with Crippen molar-refractivity contribution in [3.63, 3.8) is 0 Å². The lowest BCUT2D eigenvalue weighted by molar-refractivity contribution is -0.113. The van der Waals surface area contributed by atoms with E-state index in [1.807, 2.05) is 99.1 Å². The minimum atomic E-state index is -0.482. The maximum Gasteiger partial charge on any atom is 0.255 e. The van der Waals surface area contributed by atoms with Gasteiger partial charge in [-0.1, -0.05) is 72.4 Å². The highest BCUT2D eigenvalue weighted by molar-refractivity contribution is 7.98. The molecule has 1 amide bonds. The average Bonchev–Trinajstić information content (AvgIpc) is 3.30. The molecule has 2 N–H and O–H groups in total. The zero-order valence-electron chi connectivity index (χ0n) is 21.9. The van der Waals surface area contributed by atoms with Crippen LogP contribution in [0, 0.1) is 6.92 Å². The van der Waals surface area contributed by atoms with Gasteiger partial charge in [-0.2, -0.15) is 4.98 Å². The van der Waals surface area contributed by atoms with E-state index in [2.05, 4.69) is 22.8 Å². The van der Waals surface area contributed by atoms with Crippen LogP contribution in [0.1, 0.15) is 43.5 Å². The van der Waals surface area contributed by atoms with Gasteiger partial charge < -0.3 is 15.4 Å². The molecule has 5 rings (SSSR count). The molecule has 38 heavy (non-hydrogen) atoms. The fraction of sp³-hybridized carbons (Fsp3) is 0.233. The predicted octanol–water partition coefficient (Wildman–Crippen LogP) is 6.59. The number of aryl methyl sites for hydroxylation is 1. The molecule has 0 bridgehead atoms. The van der Waals surface area contributed by atoms with Crippen molar-refractivity contribution in [3.8, 4) is 5.75 Å². The number of fused-ring (bicyclic) bond motifs is 1. The van der Waals surface area contributed by atoms with Gasteiger partial charge in [-0.05, 0) is 62.6 Å². The molecular formula is C30H31N5O2S. The molecular weight excluding hydrogens is 494 g/mol. The van der Waals surface area contributed by atoms with Crippen molar-refractivity contribution < 1.29 is 9.53 Å². The van der Waals surface area contributed by atoms with Crippen molar-refractivity contribution in [3.05, 3.63) is 107 Å². The zero-order chi connectivity index (χ0) is 26.6. The minimum Gasteiger partial charge on any atom is -0.491 e. The smallest absolute Gasteiger partial charge is 0.255 e. The van der Waals surface area contributed by atoms with Gasteiger partial charge in [0, 0.05) is 17.1 Å². The summed E-state index contributed by atoms with van der Waals surface area (Å²) in [5, 5.41) is 11.9. The highest BCUT2D eigenvalue weighted by atomic mass is 32.2. The lowest BCUT2D eigenvalue weighted by atomic mass is 9.94. The van der Waals surface area contributed by atoms with E-state index in [0.29, 0.717) is 16.7 Å². The molecule has 1 aliphatic heterocycles. The monoisotopic (exact) mass is 525 g/mol. The molecule has 2 heterocycles. The molecule has 1 aliphatic rings. The van der Waals surface area contributed by atoms with Gasteiger partial charge in [0.2, 0.25) is 11.1 Å². The van der Waals surface area contributed by atoms with Gasteiger partial charge in [-0.25, -0.2) is 4.68 Å². The summed E-state index contributed by atoms with van der Waals surface area (Å²) in [6.07, 6.45) is 0.0299. The largest absolute Gasteiger partial charge is 0.491 e. The third kappa shape index (κ3) is 5.60. The summed E-state index contributed by atoms with van der Waals surface area (Å²) in [6.45, 7) is 7.87. The highest BCUT2D eigenvalue weighted by Crippen LogP contribution is 2.38. The van der Waals surface area contributed by atoms with E-state index in [1.165, 1.54) is 5.56 Å². The molecule has 8 heteroatoms. The number of carbonyl (C=O) groups excluding carboxylic acids is 1. The summed E-state index contributed by atoms with van der Waals surface area (Å²) < 4.78 is 7.79. The normalized spacial score (nSPS) is 14.7. The number of allylic oxidation sites excluding steroid dienone is 1. The Morgan fingerprint density at radius 1 is 1.05 bits per heavy atom. The Morgan fingerprint density at radius 2 is 1.82 bits per heavy atom. The molecule has 4 aromatic rings. The van der Waals surface area contributed by atoms with Crippen LogP contribution >= 0.6 is 11.8 Å². The highest BCUT2D eigenvalue weighted by Gasteiger charge is 2.34. The van der Waals surface area contributed by atoms with Gasteiger partial charge in [0.05, 0.1) is 11.7 Å². The maximum atomic E-state index is 13.8. The van der Waals surface area contributed by atoms with Gasteiger partial charge in [-0.3, -0.25) is 4.79 Å². The number of nitrogens with one attached hydrogen (secondary N) is 2. The van der Waals surface area contributed by atoms with Crippen molar-refractivity contribution in [1.29, 1.82) is 0 Å². The van der Waals surface area contributed by atoms with Gasteiger partial charge >= 0.3 is 0 Å². The van der Waals surface area contributed by atoms with Crippen LogP contribution in [0.5, 0.6) is 5.75 Å². The summed E-state index contributed by atoms with van der Waals surface area (Å²) in [5.41, 5.74) is 5.16. The van der Waals surface area contributed by atoms with Crippen LogP contribution < -0.4 is 15.4 Å². The van der Waals surface area contributed by atoms with Crippen LogP contribution in [0.2, 0.25) is 0 Å². The van der Waals surface area contributed by atoms with Crippen molar-refractivity contribution in [2.45, 2.75) is 50.8 Å². The zero-order valence-corrected chi connectivity index (χ0v) is 22.8. The molecule has 1 unspecified atom stereocenters. The number of para-hydroxylation sites is 1. The second kappa shape index (κ2) is 11.1. The Kier molecular flexibility index (Phi) is 7.51. The van der Waals surface area contributed by atoms with E-state index < -0.39 is 6.04 Å². The standard InChI is InChI=1S/C30H31N5O2S/c1-19(2)37-24-15-10-14-23(17-24)27-26(28(36)32-25-16-9-8-11-20(25)3)21(4)31-29-33-30(34-35(27)29)38-18-22-12-6-5-7-13-22/h5-17,19,27H,18H2,1-4H3,(H,32,36)(H,31,33,34). The van der Waals surface area contributed by atoms with E-state index in [4.69, 9.17) is 14.8 Å². The molecule has 0 radical (unpaired) electrons. The van der Waals surface area contributed by atoms with Gasteiger partial charge in [0.1, 0.15) is 11.8 Å². The number of hydrogen-bond acceptors (Lipinski definition) is 6. The average molecular weight is 526 g/mol. The fourth-order valence-electron chi connectivity index (χ4n) is 4.45. The Hall–Kier alpha value is -4.04. The number of ether oxygens (including phenoxy) is 1. The van der Waals surface area contributed by atoms with E-state index in [1.54, 1.807) is 11.8 Å². The van der Waals surface area contributed by atoms with Crippen LogP contribution in [0.25, 0.3) is 0 Å². The Labute approximate surface area is 227 Å². The first-order chi connectivity index (χ1) is 18.4. The molecule has 0 spiro atoms. The quantitative estimate of drug-likeness (QED) is 0.253. The van der Waals surface area contributed by atoms with Crippen LogP contribution in [-0.4, -0.2) is 26.8 Å². The molecule has 1 aromatic heterocycles. The van der Waals surface area contributed by atoms with Crippen molar-refractivity contribution in [2.24, 2.45) is 0 Å². The van der Waals surface area contributed by atoms with E-state index >= 15 is 0 Å². The van der Waals surface area contributed by atoms with Crippen molar-refractivity contribution in [1.82, 2.24) is 14.8 Å². The molecule has 1 atom stereocenters. The molecule has 0 saturated carbocycles. The summed E-state index contributed by atoms with van der Waals surface area (Å²) >= 11 is 1.56. The molecule has 7 nitrogen and oxygen atoms in total. The molecule has 0 aliphatic carbocycles. The number of anilines is 2. The number of carbonyl (C=O) groups is 1. The van der Waals surface area contributed by atoms with Crippen molar-refractivity contribution in [2.75, 3.05) is 10.6 Å². The summed E-state index contributed by atoms with van der Waals surface area (Å²) in [4.78, 5) is 18.6. The summed E-state index contributed by atoms with van der Waals surface area (Å²) in [6, 6.07) is 25.4. The van der Waals surface area contributed by atoms with Crippen LogP contribution in [0.3, 0.4) is 0 Å². The molecule has 194 valence electrons. The second-order valence-corrected chi connectivity index (χ2v) is 10.5. The minimum absolute atomic E-state index is 0.0299. The van der Waals surface area contributed by atoms with Crippen LogP contribution in [0.15, 0.2) is 95.3 Å². The fourth-order valence-corrected chi connectivity index (χ4v) is 5.23. The Morgan fingerprint density at radius 3 is 2.58 bits per heavy atom. The van der Waals surface area contributed by atoms with Crippen molar-refractivity contribution >= 4 is 29.3 Å². The van der Waals surface area contributed by atoms with E-state index in [9.17, 15) is 4.79 Å². The lowest BCUT2D eigenvalue weighted by Gasteiger charge is -2.29. The number of nitrogens with zero attached hydrogens (tertiary/aromatic N) is 3. The SMILES string of the molecule is CC1=C(C(=O)Nc2ccccc2C)C(c2cccc(OC(C)C)c2)n2nc(SCc3ccccc3)nc2N1. The van der Waals surface area contributed by atoms with Gasteiger partial charge in [0.15, 0.2) is 0 Å². The molecule has 0 saturated heterocycles. The number of amides is 1. The first-order valence-corrected chi connectivity index (χ1v) is 13.6. The van der Waals surface area contributed by atoms with Gasteiger partial charge in [0.25, 0.3) is 5.91 Å². The third-order valence-electron chi connectivity index (χ3n) is 6.23. The van der Waals surface area contributed by atoms with Crippen LogP contribution in [0.4, 0.5) is 11.6 Å². The summed E-state index contributed by atoms with van der Waals surface area (Å²) in [5.74, 6) is 1.90. The van der Waals surface area contributed by atoms with E-state index in [-0.39, 0.29) is 12.0 Å². The number of aromatic nitrogens is 3. The number of hydrogen-bond donors (Lipinski definition) is 2. The third-order valence-corrected chi connectivity index (χ3v) is 7.14. The predicted molar refractivity (Wildman–Crippen MR) is 153 cm³/mol. The number of rotatable bonds is 8. The maximum absolute atomic E-state index is 13.8. The topological polar surface area (TPSA) is 81.1 Å². The number of thioether (sulfide) groups is 1. The van der Waals surface area contributed by atoms with E-state index in [0.717, 1.165) is 34.0 Å². The number of benzene rings is 3. The molecule has 0 fully saturated rings. The molecule has 3 aromatic carbocycles. The lowest BCUT2D eigenvalue weighted by Crippen LogP contribution is -2.31.